The first kappa shape index (κ1) is 41.6. The Hall–Kier alpha value is -1.39. The number of hydrogen-bond acceptors (Lipinski definition) is 3. The van der Waals surface area contributed by atoms with Crippen molar-refractivity contribution in [3.8, 4) is 0 Å². The highest BCUT2D eigenvalue weighted by Gasteiger charge is 2.19. The molecule has 0 aromatic rings. The lowest BCUT2D eigenvalue weighted by Crippen LogP contribution is -2.45. The second kappa shape index (κ2) is 35.1. The molecule has 0 rings (SSSR count). The Labute approximate surface area is 268 Å². The molecular formula is C39H73NO3. The van der Waals surface area contributed by atoms with Crippen LogP contribution in [0.4, 0.5) is 0 Å². The highest BCUT2D eigenvalue weighted by molar-refractivity contribution is 5.76. The third kappa shape index (κ3) is 31.8. The standard InChI is InChI=1S/C39H73NO3/c1-3-5-7-9-11-12-13-14-15-16-17-18-19-20-21-22-23-24-25-26-27-28-29-31-33-35-39(43)40-37(36-41)38(42)34-32-30-10-8-6-4-2/h13-14,16-17,19-20,37-38,41-42H,3-12,15,18,21-36H2,1-2H3,(H,40,43)/b14-13-,17-16-,20-19-. The zero-order valence-electron chi connectivity index (χ0n) is 28.7. The number of carbonyl (C=O) groups excluding carboxylic acids is 1. The molecule has 43 heavy (non-hydrogen) atoms. The summed E-state index contributed by atoms with van der Waals surface area (Å²) in [5.41, 5.74) is 0. The van der Waals surface area contributed by atoms with Crippen LogP contribution >= 0.6 is 0 Å². The van der Waals surface area contributed by atoms with Crippen LogP contribution in [-0.4, -0.2) is 34.9 Å². The van der Waals surface area contributed by atoms with E-state index in [-0.39, 0.29) is 12.5 Å². The summed E-state index contributed by atoms with van der Waals surface area (Å²) in [6, 6.07) is -0.534. The van der Waals surface area contributed by atoms with E-state index in [2.05, 4.69) is 55.6 Å². The van der Waals surface area contributed by atoms with Crippen LogP contribution in [-0.2, 0) is 4.79 Å². The molecule has 0 saturated heterocycles. The van der Waals surface area contributed by atoms with Crippen molar-refractivity contribution < 1.29 is 15.0 Å². The van der Waals surface area contributed by atoms with Crippen molar-refractivity contribution in [1.82, 2.24) is 5.32 Å². The number of carbonyl (C=O) groups is 1. The van der Waals surface area contributed by atoms with Crippen LogP contribution in [0.1, 0.15) is 187 Å². The van der Waals surface area contributed by atoms with Crippen molar-refractivity contribution in [1.29, 1.82) is 0 Å². The minimum absolute atomic E-state index is 0.0427. The average Bonchev–Trinajstić information content (AvgIpc) is 3.01. The fraction of sp³-hybridized carbons (Fsp3) is 0.821. The van der Waals surface area contributed by atoms with Gasteiger partial charge in [0.05, 0.1) is 18.8 Å². The van der Waals surface area contributed by atoms with Crippen molar-refractivity contribution in [2.45, 2.75) is 199 Å². The van der Waals surface area contributed by atoms with Gasteiger partial charge in [0.25, 0.3) is 0 Å². The van der Waals surface area contributed by atoms with Gasteiger partial charge in [0.2, 0.25) is 5.91 Å². The van der Waals surface area contributed by atoms with Crippen molar-refractivity contribution in [2.75, 3.05) is 6.61 Å². The Morgan fingerprint density at radius 2 is 0.953 bits per heavy atom. The summed E-state index contributed by atoms with van der Waals surface area (Å²) < 4.78 is 0. The molecule has 2 atom stereocenters. The summed E-state index contributed by atoms with van der Waals surface area (Å²) in [4.78, 5) is 12.3. The normalized spacial score (nSPS) is 13.5. The molecule has 252 valence electrons. The van der Waals surface area contributed by atoms with Gasteiger partial charge >= 0.3 is 0 Å². The third-order valence-electron chi connectivity index (χ3n) is 8.40. The van der Waals surface area contributed by atoms with Gasteiger partial charge in [-0.25, -0.2) is 0 Å². The predicted molar refractivity (Wildman–Crippen MR) is 188 cm³/mol. The number of nitrogens with one attached hydrogen (secondary N) is 1. The molecule has 0 aromatic carbocycles. The lowest BCUT2D eigenvalue weighted by molar-refractivity contribution is -0.123. The summed E-state index contributed by atoms with van der Waals surface area (Å²) in [7, 11) is 0. The highest BCUT2D eigenvalue weighted by atomic mass is 16.3. The average molecular weight is 604 g/mol. The molecule has 0 aromatic heterocycles. The first-order valence-corrected chi connectivity index (χ1v) is 18.7. The van der Waals surface area contributed by atoms with E-state index in [1.807, 2.05) is 0 Å². The summed E-state index contributed by atoms with van der Waals surface area (Å²) in [5.74, 6) is -0.0427. The maximum absolute atomic E-state index is 12.3. The van der Waals surface area contributed by atoms with E-state index in [1.54, 1.807) is 0 Å². The fourth-order valence-electron chi connectivity index (χ4n) is 5.48. The SMILES string of the molecule is CCCCCCC/C=C\C/C=C\C/C=C\CCCCCCCCCCCCC(=O)NC(CO)C(O)CCCCCCCC. The van der Waals surface area contributed by atoms with Gasteiger partial charge in [-0.2, -0.15) is 0 Å². The van der Waals surface area contributed by atoms with Crippen molar-refractivity contribution in [3.63, 3.8) is 0 Å². The fourth-order valence-corrected chi connectivity index (χ4v) is 5.48. The maximum Gasteiger partial charge on any atom is 0.220 e. The molecule has 0 heterocycles. The predicted octanol–water partition coefficient (Wildman–Crippen LogP) is 11.1. The lowest BCUT2D eigenvalue weighted by Gasteiger charge is -2.22. The molecule has 0 aliphatic heterocycles. The van der Waals surface area contributed by atoms with Gasteiger partial charge in [-0.15, -0.1) is 0 Å². The number of aliphatic hydroxyl groups is 2. The quantitative estimate of drug-likeness (QED) is 0.0516. The summed E-state index contributed by atoms with van der Waals surface area (Å²) in [5, 5.41) is 22.8. The van der Waals surface area contributed by atoms with E-state index in [9.17, 15) is 15.0 Å². The van der Waals surface area contributed by atoms with Gasteiger partial charge in [0, 0.05) is 6.42 Å². The van der Waals surface area contributed by atoms with Gasteiger partial charge in [-0.05, 0) is 51.4 Å². The molecule has 4 nitrogen and oxygen atoms in total. The van der Waals surface area contributed by atoms with Gasteiger partial charge in [0.15, 0.2) is 0 Å². The Balaban J connectivity index is 3.49. The first-order valence-electron chi connectivity index (χ1n) is 18.7. The van der Waals surface area contributed by atoms with Gasteiger partial charge in [-0.1, -0.05) is 166 Å². The number of hydrogen-bond donors (Lipinski definition) is 3. The molecule has 0 aliphatic carbocycles. The molecule has 0 aliphatic rings. The van der Waals surface area contributed by atoms with E-state index in [4.69, 9.17) is 0 Å². The Kier molecular flexibility index (Phi) is 34.0. The zero-order chi connectivity index (χ0) is 31.5. The summed E-state index contributed by atoms with van der Waals surface area (Å²) in [6.07, 6.45) is 45.1. The van der Waals surface area contributed by atoms with Crippen LogP contribution < -0.4 is 5.32 Å². The van der Waals surface area contributed by atoms with Crippen molar-refractivity contribution in [3.05, 3.63) is 36.5 Å². The lowest BCUT2D eigenvalue weighted by atomic mass is 10.0. The number of allylic oxidation sites excluding steroid dienone is 6. The molecule has 0 saturated carbocycles. The highest BCUT2D eigenvalue weighted by Crippen LogP contribution is 2.14. The summed E-state index contributed by atoms with van der Waals surface area (Å²) in [6.45, 7) is 4.28. The van der Waals surface area contributed by atoms with E-state index in [0.29, 0.717) is 12.8 Å². The number of unbranched alkanes of at least 4 members (excludes halogenated alkanes) is 20. The van der Waals surface area contributed by atoms with Crippen molar-refractivity contribution in [2.24, 2.45) is 0 Å². The smallest absolute Gasteiger partial charge is 0.220 e. The summed E-state index contributed by atoms with van der Waals surface area (Å²) >= 11 is 0. The number of amides is 1. The molecular weight excluding hydrogens is 530 g/mol. The molecule has 0 radical (unpaired) electrons. The first-order chi connectivity index (χ1) is 21.2. The second-order valence-corrected chi connectivity index (χ2v) is 12.6. The second-order valence-electron chi connectivity index (χ2n) is 12.6. The van der Waals surface area contributed by atoms with Gasteiger partial charge in [-0.3, -0.25) is 4.79 Å². The Bertz CT molecular complexity index is 657. The van der Waals surface area contributed by atoms with E-state index in [1.165, 1.54) is 122 Å². The number of aliphatic hydroxyl groups excluding tert-OH is 2. The Morgan fingerprint density at radius 3 is 1.42 bits per heavy atom. The van der Waals surface area contributed by atoms with Crippen LogP contribution in [0.15, 0.2) is 36.5 Å². The van der Waals surface area contributed by atoms with Crippen LogP contribution in [0.3, 0.4) is 0 Å². The monoisotopic (exact) mass is 604 g/mol. The minimum atomic E-state index is -0.656. The van der Waals surface area contributed by atoms with E-state index >= 15 is 0 Å². The van der Waals surface area contributed by atoms with Gasteiger partial charge < -0.3 is 15.5 Å². The van der Waals surface area contributed by atoms with E-state index in [0.717, 1.165) is 38.5 Å². The molecule has 0 spiro atoms. The van der Waals surface area contributed by atoms with Crippen LogP contribution in [0.5, 0.6) is 0 Å². The topological polar surface area (TPSA) is 69.6 Å². The minimum Gasteiger partial charge on any atom is -0.394 e. The largest absolute Gasteiger partial charge is 0.394 e. The van der Waals surface area contributed by atoms with Gasteiger partial charge in [0.1, 0.15) is 0 Å². The van der Waals surface area contributed by atoms with Crippen LogP contribution in [0.2, 0.25) is 0 Å². The Morgan fingerprint density at radius 1 is 0.558 bits per heavy atom. The molecule has 4 heteroatoms. The van der Waals surface area contributed by atoms with E-state index < -0.39 is 12.1 Å². The maximum atomic E-state index is 12.3. The van der Waals surface area contributed by atoms with Crippen LogP contribution in [0, 0.1) is 0 Å². The third-order valence-corrected chi connectivity index (χ3v) is 8.40. The molecule has 0 bridgehead atoms. The van der Waals surface area contributed by atoms with Crippen molar-refractivity contribution >= 4 is 5.91 Å². The molecule has 3 N–H and O–H groups in total. The molecule has 1 amide bonds. The van der Waals surface area contributed by atoms with Crippen LogP contribution in [0.25, 0.3) is 0 Å². The molecule has 2 unspecified atom stereocenters. The molecule has 0 fully saturated rings. The number of rotatable bonds is 33. The zero-order valence-corrected chi connectivity index (χ0v) is 28.7.